The molecule has 11 heteroatoms. The van der Waals surface area contributed by atoms with Gasteiger partial charge in [-0.05, 0) is 68.5 Å². The van der Waals surface area contributed by atoms with Crippen molar-refractivity contribution in [2.24, 2.45) is 0 Å². The highest BCUT2D eigenvalue weighted by Gasteiger charge is 2.28. The maximum Gasteiger partial charge on any atom is 0.289 e. The van der Waals surface area contributed by atoms with Gasteiger partial charge < -0.3 is 15.5 Å². The molecule has 1 aliphatic rings. The van der Waals surface area contributed by atoms with Crippen LogP contribution in [0, 0.1) is 0 Å². The van der Waals surface area contributed by atoms with Crippen LogP contribution in [0.1, 0.15) is 69.1 Å². The minimum atomic E-state index is -3.63. The molecule has 0 spiro atoms. The number of hydrogen-bond acceptors (Lipinski definition) is 7. The van der Waals surface area contributed by atoms with Crippen molar-refractivity contribution in [1.29, 1.82) is 0 Å². The number of sulfonamides is 1. The number of phenols is 2. The highest BCUT2D eigenvalue weighted by atomic mass is 32.2. The van der Waals surface area contributed by atoms with E-state index >= 15 is 0 Å². The van der Waals surface area contributed by atoms with E-state index in [1.807, 2.05) is 27.7 Å². The van der Waals surface area contributed by atoms with Gasteiger partial charge in [0.1, 0.15) is 11.5 Å². The van der Waals surface area contributed by atoms with Crippen molar-refractivity contribution in [1.82, 2.24) is 24.4 Å². The third-order valence-corrected chi connectivity index (χ3v) is 8.25. The van der Waals surface area contributed by atoms with Crippen LogP contribution in [0.15, 0.2) is 41.3 Å². The molecule has 0 bridgehead atoms. The van der Waals surface area contributed by atoms with Crippen LogP contribution < -0.4 is 5.32 Å². The van der Waals surface area contributed by atoms with E-state index in [1.54, 1.807) is 18.2 Å². The second kappa shape index (κ2) is 10.5. The first-order valence-electron chi connectivity index (χ1n) is 12.4. The molecule has 37 heavy (non-hydrogen) atoms. The quantitative estimate of drug-likeness (QED) is 0.425. The summed E-state index contributed by atoms with van der Waals surface area (Å²) in [5.41, 5.74) is 1.33. The Morgan fingerprint density at radius 1 is 0.946 bits per heavy atom. The second-order valence-electron chi connectivity index (χ2n) is 9.85. The summed E-state index contributed by atoms with van der Waals surface area (Å²) in [6, 6.07) is 8.90. The van der Waals surface area contributed by atoms with Gasteiger partial charge in [-0.2, -0.15) is 4.31 Å². The van der Waals surface area contributed by atoms with E-state index < -0.39 is 15.9 Å². The maximum absolute atomic E-state index is 13.1. The Morgan fingerprint density at radius 3 is 2.19 bits per heavy atom. The van der Waals surface area contributed by atoms with Crippen LogP contribution in [-0.2, 0) is 10.0 Å². The van der Waals surface area contributed by atoms with Gasteiger partial charge in [-0.3, -0.25) is 9.36 Å². The Kier molecular flexibility index (Phi) is 7.56. The molecule has 3 aromatic rings. The first-order chi connectivity index (χ1) is 17.5. The van der Waals surface area contributed by atoms with Crippen LogP contribution in [0.3, 0.4) is 0 Å². The van der Waals surface area contributed by atoms with Crippen LogP contribution in [-0.4, -0.2) is 62.7 Å². The van der Waals surface area contributed by atoms with E-state index in [1.165, 1.54) is 27.1 Å². The topological polar surface area (TPSA) is 138 Å². The number of carbonyl (C=O) groups is 1. The predicted octanol–water partition coefficient (Wildman–Crippen LogP) is 3.78. The Balaban J connectivity index is 1.83. The standard InChI is InChI=1S/C26H33N5O5S/c1-16(2)20-14-21(23(33)15-22(20)32)24-28-29-25(26(34)27-17(3)4)31(24)18-8-10-19(11-9-18)37(35,36)30-12-6-5-7-13-30/h8-11,14-17,32-33H,5-7,12-13H2,1-4H3,(H,27,34). The van der Waals surface area contributed by atoms with E-state index in [-0.39, 0.29) is 45.6 Å². The number of phenolic OH excluding ortho intramolecular Hbond substituents is 2. The minimum Gasteiger partial charge on any atom is -0.508 e. The van der Waals surface area contributed by atoms with Gasteiger partial charge in [0, 0.05) is 30.9 Å². The molecule has 10 nitrogen and oxygen atoms in total. The summed E-state index contributed by atoms with van der Waals surface area (Å²) in [5.74, 6) is -0.628. The highest BCUT2D eigenvalue weighted by Crippen LogP contribution is 2.38. The molecule has 198 valence electrons. The minimum absolute atomic E-state index is 0.0195. The first kappa shape index (κ1) is 26.6. The third-order valence-electron chi connectivity index (χ3n) is 6.34. The molecule has 0 unspecified atom stereocenters. The number of aromatic hydroxyl groups is 2. The molecule has 2 heterocycles. The van der Waals surface area contributed by atoms with Crippen LogP contribution in [0.4, 0.5) is 0 Å². The van der Waals surface area contributed by atoms with Crippen molar-refractivity contribution in [2.75, 3.05) is 13.1 Å². The molecule has 3 N–H and O–H groups in total. The Morgan fingerprint density at radius 2 is 1.59 bits per heavy atom. The predicted molar refractivity (Wildman–Crippen MR) is 139 cm³/mol. The molecule has 0 aliphatic carbocycles. The monoisotopic (exact) mass is 527 g/mol. The van der Waals surface area contributed by atoms with Gasteiger partial charge >= 0.3 is 0 Å². The number of piperidine rings is 1. The molecule has 0 saturated carbocycles. The fourth-order valence-corrected chi connectivity index (χ4v) is 5.95. The zero-order chi connectivity index (χ0) is 26.9. The van der Waals surface area contributed by atoms with Gasteiger partial charge in [-0.25, -0.2) is 8.42 Å². The fraction of sp³-hybridized carbons (Fsp3) is 0.423. The van der Waals surface area contributed by atoms with Gasteiger partial charge in [-0.15, -0.1) is 10.2 Å². The van der Waals surface area contributed by atoms with Gasteiger partial charge in [0.2, 0.25) is 15.8 Å². The molecular weight excluding hydrogens is 494 g/mol. The zero-order valence-electron chi connectivity index (χ0n) is 21.5. The van der Waals surface area contributed by atoms with Gasteiger partial charge in [0.25, 0.3) is 5.91 Å². The van der Waals surface area contributed by atoms with Gasteiger partial charge in [0.15, 0.2) is 5.82 Å². The van der Waals surface area contributed by atoms with Crippen LogP contribution in [0.5, 0.6) is 11.5 Å². The molecular formula is C26H33N5O5S. The summed E-state index contributed by atoms with van der Waals surface area (Å²) >= 11 is 0. The van der Waals surface area contributed by atoms with E-state index in [2.05, 4.69) is 15.5 Å². The van der Waals surface area contributed by atoms with Crippen LogP contribution in [0.25, 0.3) is 17.1 Å². The van der Waals surface area contributed by atoms with Crippen molar-refractivity contribution >= 4 is 15.9 Å². The van der Waals surface area contributed by atoms with E-state index in [0.29, 0.717) is 24.3 Å². The van der Waals surface area contributed by atoms with E-state index in [4.69, 9.17) is 0 Å². The van der Waals surface area contributed by atoms with Gasteiger partial charge in [-0.1, -0.05) is 20.3 Å². The van der Waals surface area contributed by atoms with Crippen LogP contribution in [0.2, 0.25) is 0 Å². The number of aromatic nitrogens is 3. The lowest BCUT2D eigenvalue weighted by Crippen LogP contribution is -2.35. The number of rotatable bonds is 7. The summed E-state index contributed by atoms with van der Waals surface area (Å²) in [5, 5.41) is 32.1. The lowest BCUT2D eigenvalue weighted by molar-refractivity contribution is 0.0930. The maximum atomic E-state index is 13.1. The molecule has 2 aromatic carbocycles. The van der Waals surface area contributed by atoms with Crippen molar-refractivity contribution < 1.29 is 23.4 Å². The summed E-state index contributed by atoms with van der Waals surface area (Å²) in [4.78, 5) is 13.2. The van der Waals surface area contributed by atoms with Crippen molar-refractivity contribution in [2.45, 2.75) is 63.8 Å². The number of nitrogens with zero attached hydrogens (tertiary/aromatic N) is 4. The molecule has 1 saturated heterocycles. The first-order valence-corrected chi connectivity index (χ1v) is 13.9. The molecule has 0 radical (unpaired) electrons. The molecule has 4 rings (SSSR count). The Hall–Kier alpha value is -3.44. The summed E-state index contributed by atoms with van der Waals surface area (Å²) < 4.78 is 29.2. The summed E-state index contributed by atoms with van der Waals surface area (Å²) in [6.07, 6.45) is 2.69. The zero-order valence-corrected chi connectivity index (χ0v) is 22.3. The van der Waals surface area contributed by atoms with Crippen LogP contribution >= 0.6 is 0 Å². The van der Waals surface area contributed by atoms with Crippen molar-refractivity contribution in [3.8, 4) is 28.6 Å². The average molecular weight is 528 g/mol. The largest absolute Gasteiger partial charge is 0.508 e. The Labute approximate surface area is 217 Å². The average Bonchev–Trinajstić information content (AvgIpc) is 3.29. The van der Waals surface area contributed by atoms with E-state index in [9.17, 15) is 23.4 Å². The molecule has 1 aromatic heterocycles. The Bertz CT molecular complexity index is 1390. The lowest BCUT2D eigenvalue weighted by atomic mass is 9.98. The van der Waals surface area contributed by atoms with E-state index in [0.717, 1.165) is 19.3 Å². The normalized spacial score (nSPS) is 14.9. The number of amides is 1. The smallest absolute Gasteiger partial charge is 0.289 e. The lowest BCUT2D eigenvalue weighted by Gasteiger charge is -2.26. The third kappa shape index (κ3) is 5.33. The number of benzene rings is 2. The summed E-state index contributed by atoms with van der Waals surface area (Å²) in [6.45, 7) is 8.45. The molecule has 1 aliphatic heterocycles. The number of nitrogens with one attached hydrogen (secondary N) is 1. The number of hydrogen-bond donors (Lipinski definition) is 3. The summed E-state index contributed by atoms with van der Waals surface area (Å²) in [7, 11) is -3.63. The molecule has 1 fully saturated rings. The van der Waals surface area contributed by atoms with Gasteiger partial charge in [0.05, 0.1) is 10.5 Å². The highest BCUT2D eigenvalue weighted by molar-refractivity contribution is 7.89. The molecule has 1 amide bonds. The van der Waals surface area contributed by atoms with Crippen molar-refractivity contribution in [3.05, 3.63) is 47.8 Å². The SMILES string of the molecule is CC(C)NC(=O)c1nnc(-c2cc(C(C)C)c(O)cc2O)n1-c1ccc(S(=O)(=O)N2CCCCC2)cc1. The fourth-order valence-electron chi connectivity index (χ4n) is 4.43. The second-order valence-corrected chi connectivity index (χ2v) is 11.8. The number of carbonyl (C=O) groups excluding carboxylic acids is 1. The molecule has 0 atom stereocenters. The van der Waals surface area contributed by atoms with Crippen molar-refractivity contribution in [3.63, 3.8) is 0 Å².